The fraction of sp³-hybridized carbons (Fsp3) is 0.0612. The van der Waals surface area contributed by atoms with Gasteiger partial charge in [0.25, 0.3) is 0 Å². The molecule has 0 amide bonds. The Labute approximate surface area is 297 Å². The van der Waals surface area contributed by atoms with Crippen molar-refractivity contribution >= 4 is 49.8 Å². The number of anilines is 3. The minimum atomic E-state index is -0.0309. The first-order valence-electron chi connectivity index (χ1n) is 17.7. The fourth-order valence-electron chi connectivity index (χ4n) is 8.30. The Morgan fingerprint density at radius 3 is 1.82 bits per heavy atom. The molecule has 2 nitrogen and oxygen atoms in total. The molecule has 1 aromatic heterocycles. The third-order valence-corrected chi connectivity index (χ3v) is 10.8. The Morgan fingerprint density at radius 1 is 0.431 bits per heavy atom. The average molecular weight is 654 g/mol. The maximum absolute atomic E-state index is 6.90. The summed E-state index contributed by atoms with van der Waals surface area (Å²) in [5.41, 5.74) is 15.2. The molecule has 0 radical (unpaired) electrons. The summed E-state index contributed by atoms with van der Waals surface area (Å²) in [6.45, 7) is 4.68. The van der Waals surface area contributed by atoms with Crippen molar-refractivity contribution < 1.29 is 4.42 Å². The largest absolute Gasteiger partial charge is 0.455 e. The monoisotopic (exact) mass is 653 g/mol. The maximum atomic E-state index is 6.90. The SMILES string of the molecule is CC1(C)c2ccccc2-c2ccc(-c3ccc(-c4c5ccccc5cc5c4oc4cc(N(c6ccccc6)c6ccccc6)ccc45)cc3)cc21. The zero-order valence-corrected chi connectivity index (χ0v) is 28.6. The second-order valence-electron chi connectivity index (χ2n) is 14.1. The molecule has 9 aromatic rings. The van der Waals surface area contributed by atoms with Crippen LogP contribution in [0, 0.1) is 0 Å². The van der Waals surface area contributed by atoms with Crippen molar-refractivity contribution in [2.75, 3.05) is 4.90 Å². The maximum Gasteiger partial charge on any atom is 0.143 e. The van der Waals surface area contributed by atoms with E-state index in [1.54, 1.807) is 0 Å². The van der Waals surface area contributed by atoms with E-state index in [1.165, 1.54) is 44.2 Å². The fourth-order valence-corrected chi connectivity index (χ4v) is 8.30. The Balaban J connectivity index is 1.10. The van der Waals surface area contributed by atoms with Crippen LogP contribution in [0.5, 0.6) is 0 Å². The summed E-state index contributed by atoms with van der Waals surface area (Å²) in [5.74, 6) is 0. The highest BCUT2D eigenvalue weighted by Gasteiger charge is 2.35. The smallest absolute Gasteiger partial charge is 0.143 e. The molecular weight excluding hydrogens is 619 g/mol. The van der Waals surface area contributed by atoms with Crippen LogP contribution >= 0.6 is 0 Å². The van der Waals surface area contributed by atoms with Gasteiger partial charge in [0.15, 0.2) is 0 Å². The van der Waals surface area contributed by atoms with Crippen LogP contribution in [0.25, 0.3) is 66.1 Å². The quantitative estimate of drug-likeness (QED) is 0.184. The Morgan fingerprint density at radius 2 is 1.06 bits per heavy atom. The number of para-hydroxylation sites is 2. The molecule has 10 rings (SSSR count). The van der Waals surface area contributed by atoms with Gasteiger partial charge in [0, 0.05) is 44.9 Å². The first kappa shape index (κ1) is 29.5. The van der Waals surface area contributed by atoms with E-state index in [4.69, 9.17) is 4.42 Å². The lowest BCUT2D eigenvalue weighted by atomic mass is 9.81. The van der Waals surface area contributed by atoms with Gasteiger partial charge in [0.1, 0.15) is 11.2 Å². The predicted octanol–water partition coefficient (Wildman–Crippen LogP) is 13.8. The Bertz CT molecular complexity index is 2720. The van der Waals surface area contributed by atoms with Crippen LogP contribution in [0.4, 0.5) is 17.1 Å². The van der Waals surface area contributed by atoms with Crippen LogP contribution in [0.3, 0.4) is 0 Å². The number of furan rings is 1. The highest BCUT2D eigenvalue weighted by Crippen LogP contribution is 2.50. The molecule has 1 aliphatic rings. The van der Waals surface area contributed by atoms with Crippen molar-refractivity contribution in [1.29, 1.82) is 0 Å². The van der Waals surface area contributed by atoms with E-state index in [1.807, 2.05) is 0 Å². The van der Waals surface area contributed by atoms with Gasteiger partial charge in [-0.1, -0.05) is 135 Å². The molecule has 0 fully saturated rings. The van der Waals surface area contributed by atoms with Crippen molar-refractivity contribution in [3.8, 4) is 33.4 Å². The van der Waals surface area contributed by atoms with Gasteiger partial charge in [-0.3, -0.25) is 0 Å². The minimum Gasteiger partial charge on any atom is -0.455 e. The molecular formula is C49H35NO. The van der Waals surface area contributed by atoms with Crippen LogP contribution in [-0.2, 0) is 5.41 Å². The second-order valence-corrected chi connectivity index (χ2v) is 14.1. The van der Waals surface area contributed by atoms with Crippen molar-refractivity contribution in [2.45, 2.75) is 19.3 Å². The minimum absolute atomic E-state index is 0.0309. The van der Waals surface area contributed by atoms with Gasteiger partial charge >= 0.3 is 0 Å². The highest BCUT2D eigenvalue weighted by atomic mass is 16.3. The van der Waals surface area contributed by atoms with Gasteiger partial charge in [0.2, 0.25) is 0 Å². The van der Waals surface area contributed by atoms with Gasteiger partial charge in [-0.2, -0.15) is 0 Å². The first-order chi connectivity index (χ1) is 25.0. The van der Waals surface area contributed by atoms with E-state index in [-0.39, 0.29) is 5.41 Å². The summed E-state index contributed by atoms with van der Waals surface area (Å²) < 4.78 is 6.90. The molecule has 1 heterocycles. The zero-order valence-electron chi connectivity index (χ0n) is 28.6. The van der Waals surface area contributed by atoms with E-state index in [2.05, 4.69) is 195 Å². The lowest BCUT2D eigenvalue weighted by Crippen LogP contribution is -2.14. The topological polar surface area (TPSA) is 16.4 Å². The van der Waals surface area contributed by atoms with Crippen LogP contribution in [0.1, 0.15) is 25.0 Å². The number of benzene rings is 8. The van der Waals surface area contributed by atoms with Crippen molar-refractivity contribution in [3.63, 3.8) is 0 Å². The van der Waals surface area contributed by atoms with Gasteiger partial charge in [-0.25, -0.2) is 0 Å². The summed E-state index contributed by atoms with van der Waals surface area (Å²) in [6.07, 6.45) is 0. The molecule has 0 saturated carbocycles. The normalized spacial score (nSPS) is 13.1. The summed E-state index contributed by atoms with van der Waals surface area (Å²) in [6, 6.07) is 63.4. The van der Waals surface area contributed by atoms with Gasteiger partial charge in [-0.15, -0.1) is 0 Å². The molecule has 0 N–H and O–H groups in total. The molecule has 8 aromatic carbocycles. The van der Waals surface area contributed by atoms with Crippen LogP contribution < -0.4 is 4.90 Å². The molecule has 0 atom stereocenters. The lowest BCUT2D eigenvalue weighted by Gasteiger charge is -2.25. The average Bonchev–Trinajstić information content (AvgIpc) is 3.65. The van der Waals surface area contributed by atoms with Gasteiger partial charge < -0.3 is 9.32 Å². The van der Waals surface area contributed by atoms with E-state index in [0.29, 0.717) is 0 Å². The van der Waals surface area contributed by atoms with Crippen molar-refractivity contribution in [2.24, 2.45) is 0 Å². The first-order valence-corrected chi connectivity index (χ1v) is 17.7. The van der Waals surface area contributed by atoms with Crippen LogP contribution in [-0.4, -0.2) is 0 Å². The lowest BCUT2D eigenvalue weighted by molar-refractivity contribution is 0.660. The molecule has 0 spiro atoms. The zero-order chi connectivity index (χ0) is 34.1. The van der Waals surface area contributed by atoms with Crippen LogP contribution in [0.15, 0.2) is 180 Å². The predicted molar refractivity (Wildman–Crippen MR) is 214 cm³/mol. The van der Waals surface area contributed by atoms with Crippen molar-refractivity contribution in [1.82, 2.24) is 0 Å². The molecule has 0 bridgehead atoms. The molecule has 51 heavy (non-hydrogen) atoms. The summed E-state index contributed by atoms with van der Waals surface area (Å²) in [4.78, 5) is 2.28. The van der Waals surface area contributed by atoms with Crippen molar-refractivity contribution in [3.05, 3.63) is 187 Å². The van der Waals surface area contributed by atoms with E-state index in [9.17, 15) is 0 Å². The summed E-state index contributed by atoms with van der Waals surface area (Å²) >= 11 is 0. The third-order valence-electron chi connectivity index (χ3n) is 10.8. The van der Waals surface area contributed by atoms with Gasteiger partial charge in [0.05, 0.1) is 0 Å². The number of nitrogens with zero attached hydrogens (tertiary/aromatic N) is 1. The molecule has 0 saturated heterocycles. The molecule has 242 valence electrons. The third kappa shape index (κ3) is 4.64. The number of rotatable bonds is 5. The van der Waals surface area contributed by atoms with Crippen LogP contribution in [0.2, 0.25) is 0 Å². The Kier molecular flexibility index (Phi) is 6.56. The standard InChI is InChI=1S/C49H35NO/c1-49(2)44-20-12-11-19-40(44)41-27-25-34(30-45(41)49)32-21-23-33(24-22-32)47-39-18-10-9-13-35(39)29-43-42-28-26-38(31-46(42)51-48(43)47)50(36-14-5-3-6-15-36)37-16-7-4-8-17-37/h3-31H,1-2H3. The number of fused-ring (bicyclic) bond motifs is 7. The second kappa shape index (κ2) is 11.3. The molecule has 1 aliphatic carbocycles. The van der Waals surface area contributed by atoms with Gasteiger partial charge in [-0.05, 0) is 98.2 Å². The number of hydrogen-bond acceptors (Lipinski definition) is 2. The van der Waals surface area contributed by atoms with E-state index in [0.717, 1.165) is 50.1 Å². The molecule has 0 aliphatic heterocycles. The molecule has 2 heteroatoms. The van der Waals surface area contributed by atoms with E-state index < -0.39 is 0 Å². The Hall–Kier alpha value is -6.38. The van der Waals surface area contributed by atoms with E-state index >= 15 is 0 Å². The summed E-state index contributed by atoms with van der Waals surface area (Å²) in [7, 11) is 0. The number of hydrogen-bond donors (Lipinski definition) is 0. The highest BCUT2D eigenvalue weighted by molar-refractivity contribution is 6.18. The molecule has 0 unspecified atom stereocenters. The summed E-state index contributed by atoms with van der Waals surface area (Å²) in [5, 5.41) is 4.62.